The second kappa shape index (κ2) is 5.64. The molecule has 1 rings (SSSR count). The maximum atomic E-state index is 13.4. The van der Waals surface area contributed by atoms with E-state index in [1.54, 1.807) is 32.0 Å². The van der Waals surface area contributed by atoms with Gasteiger partial charge in [-0.3, -0.25) is 4.79 Å². The first kappa shape index (κ1) is 12.7. The number of rotatable bonds is 4. The van der Waals surface area contributed by atoms with Crippen LogP contribution in [0.3, 0.4) is 0 Å². The number of halogens is 1. The van der Waals surface area contributed by atoms with Crippen molar-refractivity contribution in [3.05, 3.63) is 35.6 Å². The predicted octanol–water partition coefficient (Wildman–Crippen LogP) is 3.48. The molecular weight excluding hydrogens is 207 g/mol. The highest BCUT2D eigenvalue weighted by Crippen LogP contribution is 2.21. The third-order valence-corrected chi connectivity index (χ3v) is 2.65. The monoisotopic (exact) mass is 224 g/mol. The predicted molar refractivity (Wildman–Crippen MR) is 60.4 cm³/mol. The molecule has 88 valence electrons. The van der Waals surface area contributed by atoms with Crippen LogP contribution in [0.2, 0.25) is 0 Å². The molecule has 0 heterocycles. The van der Waals surface area contributed by atoms with E-state index in [1.807, 2.05) is 6.92 Å². The summed E-state index contributed by atoms with van der Waals surface area (Å²) in [6, 6.07) is 6.33. The second-order valence-corrected chi connectivity index (χ2v) is 3.91. The molecule has 2 nitrogen and oxygen atoms in total. The van der Waals surface area contributed by atoms with Crippen molar-refractivity contribution < 1.29 is 13.9 Å². The summed E-state index contributed by atoms with van der Waals surface area (Å²) in [5, 5.41) is 0. The van der Waals surface area contributed by atoms with E-state index >= 15 is 0 Å². The van der Waals surface area contributed by atoms with Crippen molar-refractivity contribution in [2.24, 2.45) is 5.92 Å². The van der Waals surface area contributed by atoms with E-state index in [9.17, 15) is 9.18 Å². The van der Waals surface area contributed by atoms with E-state index in [0.29, 0.717) is 5.56 Å². The average molecular weight is 224 g/mol. The molecule has 0 aliphatic heterocycles. The lowest BCUT2D eigenvalue weighted by Gasteiger charge is -2.16. The van der Waals surface area contributed by atoms with Gasteiger partial charge in [-0.05, 0) is 19.4 Å². The molecule has 0 bridgehead atoms. The topological polar surface area (TPSA) is 26.3 Å². The minimum absolute atomic E-state index is 0.144. The van der Waals surface area contributed by atoms with Crippen LogP contribution < -0.4 is 0 Å². The first-order chi connectivity index (χ1) is 7.56. The Kier molecular flexibility index (Phi) is 4.47. The summed E-state index contributed by atoms with van der Waals surface area (Å²) in [4.78, 5) is 11.5. The van der Waals surface area contributed by atoms with Crippen molar-refractivity contribution in [3.8, 4) is 0 Å². The van der Waals surface area contributed by atoms with Crippen molar-refractivity contribution in [2.75, 3.05) is 0 Å². The highest BCUT2D eigenvalue weighted by atomic mass is 19.1. The van der Waals surface area contributed by atoms with Crippen LogP contribution in [0.1, 0.15) is 38.9 Å². The Morgan fingerprint density at radius 2 is 2.00 bits per heavy atom. The van der Waals surface area contributed by atoms with Gasteiger partial charge in [0.05, 0.1) is 5.92 Å². The minimum atomic E-state index is -0.539. The largest absolute Gasteiger partial charge is 0.457 e. The van der Waals surface area contributed by atoms with Crippen molar-refractivity contribution in [1.82, 2.24) is 0 Å². The molecule has 0 spiro atoms. The van der Waals surface area contributed by atoms with Crippen molar-refractivity contribution >= 4 is 5.97 Å². The number of carbonyl (C=O) groups is 1. The molecule has 2 unspecified atom stereocenters. The fourth-order valence-electron chi connectivity index (χ4n) is 1.33. The number of carbonyl (C=O) groups excluding carboxylic acids is 1. The molecule has 1 aromatic rings. The summed E-state index contributed by atoms with van der Waals surface area (Å²) in [5.41, 5.74) is 0.416. The molecular formula is C13H17FO2. The van der Waals surface area contributed by atoms with E-state index in [0.717, 1.165) is 6.42 Å². The summed E-state index contributed by atoms with van der Waals surface area (Å²) < 4.78 is 18.6. The fourth-order valence-corrected chi connectivity index (χ4v) is 1.33. The van der Waals surface area contributed by atoms with Gasteiger partial charge in [0.2, 0.25) is 0 Å². The highest BCUT2D eigenvalue weighted by Gasteiger charge is 2.18. The van der Waals surface area contributed by atoms with Gasteiger partial charge in [0.15, 0.2) is 0 Å². The van der Waals surface area contributed by atoms with Crippen LogP contribution in [-0.2, 0) is 9.53 Å². The number of benzene rings is 1. The Hall–Kier alpha value is -1.38. The van der Waals surface area contributed by atoms with Gasteiger partial charge >= 0.3 is 5.97 Å². The number of esters is 1. The van der Waals surface area contributed by atoms with E-state index < -0.39 is 6.10 Å². The average Bonchev–Trinajstić information content (AvgIpc) is 2.28. The Bertz CT molecular complexity index is 363. The van der Waals surface area contributed by atoms with Crippen molar-refractivity contribution in [3.63, 3.8) is 0 Å². The normalized spacial score (nSPS) is 14.2. The van der Waals surface area contributed by atoms with Crippen LogP contribution in [0.15, 0.2) is 24.3 Å². The summed E-state index contributed by atoms with van der Waals surface area (Å²) >= 11 is 0. The molecule has 0 fully saturated rings. The molecule has 0 aliphatic carbocycles. The molecule has 0 aromatic heterocycles. The molecule has 0 amide bonds. The molecule has 1 aromatic carbocycles. The molecule has 3 heteroatoms. The summed E-state index contributed by atoms with van der Waals surface area (Å²) in [6.07, 6.45) is 0.186. The quantitative estimate of drug-likeness (QED) is 0.732. The van der Waals surface area contributed by atoms with Crippen LogP contribution in [0.5, 0.6) is 0 Å². The lowest BCUT2D eigenvalue weighted by Crippen LogP contribution is -2.16. The number of ether oxygens (including phenoxy) is 1. The van der Waals surface area contributed by atoms with Crippen LogP contribution in [0.25, 0.3) is 0 Å². The molecule has 0 radical (unpaired) electrons. The lowest BCUT2D eigenvalue weighted by atomic mass is 10.1. The van der Waals surface area contributed by atoms with Crippen LogP contribution in [0, 0.1) is 11.7 Å². The van der Waals surface area contributed by atoms with E-state index in [-0.39, 0.29) is 17.7 Å². The van der Waals surface area contributed by atoms with Crippen molar-refractivity contribution in [1.29, 1.82) is 0 Å². The van der Waals surface area contributed by atoms with E-state index in [2.05, 4.69) is 0 Å². The fraction of sp³-hybridized carbons (Fsp3) is 0.462. The SMILES string of the molecule is CCC(C)C(=O)OC(C)c1ccccc1F. The Labute approximate surface area is 95.4 Å². The first-order valence-electron chi connectivity index (χ1n) is 5.51. The lowest BCUT2D eigenvalue weighted by molar-refractivity contribution is -0.153. The molecule has 0 aliphatic rings. The second-order valence-electron chi connectivity index (χ2n) is 3.91. The zero-order valence-electron chi connectivity index (χ0n) is 9.87. The minimum Gasteiger partial charge on any atom is -0.457 e. The number of hydrogen-bond acceptors (Lipinski definition) is 2. The van der Waals surface area contributed by atoms with Gasteiger partial charge < -0.3 is 4.74 Å². The zero-order chi connectivity index (χ0) is 12.1. The van der Waals surface area contributed by atoms with Gasteiger partial charge in [-0.15, -0.1) is 0 Å². The van der Waals surface area contributed by atoms with Crippen LogP contribution in [-0.4, -0.2) is 5.97 Å². The van der Waals surface area contributed by atoms with Gasteiger partial charge in [0, 0.05) is 5.56 Å². The Balaban J connectivity index is 2.69. The third-order valence-electron chi connectivity index (χ3n) is 2.65. The van der Waals surface area contributed by atoms with Crippen LogP contribution in [0.4, 0.5) is 4.39 Å². The maximum absolute atomic E-state index is 13.4. The van der Waals surface area contributed by atoms with Gasteiger partial charge in [-0.1, -0.05) is 32.0 Å². The molecule has 2 atom stereocenters. The molecule has 0 saturated carbocycles. The summed E-state index contributed by atoms with van der Waals surface area (Å²) in [7, 11) is 0. The van der Waals surface area contributed by atoms with Gasteiger partial charge in [-0.2, -0.15) is 0 Å². The van der Waals surface area contributed by atoms with E-state index in [4.69, 9.17) is 4.74 Å². The van der Waals surface area contributed by atoms with E-state index in [1.165, 1.54) is 6.07 Å². The third kappa shape index (κ3) is 3.05. The zero-order valence-corrected chi connectivity index (χ0v) is 9.87. The molecule has 16 heavy (non-hydrogen) atoms. The number of hydrogen-bond donors (Lipinski definition) is 0. The highest BCUT2D eigenvalue weighted by molar-refractivity contribution is 5.72. The Morgan fingerprint density at radius 1 is 1.38 bits per heavy atom. The van der Waals surface area contributed by atoms with Crippen molar-refractivity contribution in [2.45, 2.75) is 33.3 Å². The van der Waals surface area contributed by atoms with Gasteiger partial charge in [0.1, 0.15) is 11.9 Å². The van der Waals surface area contributed by atoms with Gasteiger partial charge in [0.25, 0.3) is 0 Å². The summed E-state index contributed by atoms with van der Waals surface area (Å²) in [5.74, 6) is -0.764. The molecule has 0 N–H and O–H groups in total. The summed E-state index contributed by atoms with van der Waals surface area (Å²) in [6.45, 7) is 5.40. The maximum Gasteiger partial charge on any atom is 0.309 e. The smallest absolute Gasteiger partial charge is 0.309 e. The molecule has 0 saturated heterocycles. The first-order valence-corrected chi connectivity index (χ1v) is 5.51. The van der Waals surface area contributed by atoms with Gasteiger partial charge in [-0.25, -0.2) is 4.39 Å². The standard InChI is InChI=1S/C13H17FO2/c1-4-9(2)13(15)16-10(3)11-7-5-6-8-12(11)14/h5-10H,4H2,1-3H3. The van der Waals surface area contributed by atoms with Crippen LogP contribution >= 0.6 is 0 Å². The Morgan fingerprint density at radius 3 is 2.56 bits per heavy atom.